The predicted molar refractivity (Wildman–Crippen MR) is 130 cm³/mol. The molecule has 34 heavy (non-hydrogen) atoms. The van der Waals surface area contributed by atoms with E-state index in [1.54, 1.807) is 19.1 Å². The number of piperidine rings is 1. The van der Waals surface area contributed by atoms with Crippen LogP contribution in [0, 0.1) is 18.7 Å². The second kappa shape index (κ2) is 10.4. The van der Waals surface area contributed by atoms with E-state index in [-0.39, 0.29) is 34.3 Å². The minimum absolute atomic E-state index is 0.000851. The highest BCUT2D eigenvalue weighted by molar-refractivity contribution is 6.34. The minimum Gasteiger partial charge on any atom is -0.369 e. The van der Waals surface area contributed by atoms with Crippen LogP contribution in [0.15, 0.2) is 48.5 Å². The topological polar surface area (TPSA) is 93.2 Å². The maximum absolute atomic E-state index is 13.2. The lowest BCUT2D eigenvalue weighted by Gasteiger charge is -2.30. The summed E-state index contributed by atoms with van der Waals surface area (Å²) in [6, 6.07) is 13.4. The van der Waals surface area contributed by atoms with Gasteiger partial charge in [0.05, 0.1) is 11.4 Å². The number of carbonyl (C=O) groups is 2. The number of amides is 2. The van der Waals surface area contributed by atoms with Crippen molar-refractivity contribution in [3.8, 4) is 5.69 Å². The fraction of sp³-hybridized carbons (Fsp3) is 0.320. The monoisotopic (exact) mass is 483 g/mol. The number of aryl methyl sites for hydroxylation is 1. The molecule has 0 saturated carbocycles. The van der Waals surface area contributed by atoms with Gasteiger partial charge in [0, 0.05) is 18.2 Å². The molecule has 1 saturated heterocycles. The average molecular weight is 484 g/mol. The lowest BCUT2D eigenvalue weighted by Crippen LogP contribution is -2.39. The molecule has 2 amide bonds. The molecule has 1 aliphatic heterocycles. The maximum Gasteiger partial charge on any atom is 0.260 e. The number of rotatable bonds is 7. The number of primary amides is 1. The fourth-order valence-corrected chi connectivity index (χ4v) is 4.55. The second-order valence-electron chi connectivity index (χ2n) is 8.56. The van der Waals surface area contributed by atoms with E-state index < -0.39 is 0 Å². The van der Waals surface area contributed by atoms with Crippen molar-refractivity contribution in [2.45, 2.75) is 26.2 Å². The van der Waals surface area contributed by atoms with Crippen molar-refractivity contribution in [2.75, 3.05) is 25.0 Å². The first-order valence-electron chi connectivity index (χ1n) is 11.2. The number of nitrogens with zero attached hydrogens (tertiary/aromatic N) is 3. The number of hydrogen-bond donors (Lipinski definition) is 2. The lowest BCUT2D eigenvalue weighted by atomic mass is 9.96. The van der Waals surface area contributed by atoms with Crippen LogP contribution < -0.4 is 11.1 Å². The molecule has 3 aromatic rings. The van der Waals surface area contributed by atoms with Crippen molar-refractivity contribution < 1.29 is 14.0 Å². The quantitative estimate of drug-likeness (QED) is 0.532. The third-order valence-corrected chi connectivity index (χ3v) is 6.57. The first-order valence-corrected chi connectivity index (χ1v) is 11.6. The highest BCUT2D eigenvalue weighted by atomic mass is 35.5. The Labute approximate surface area is 202 Å². The summed E-state index contributed by atoms with van der Waals surface area (Å²) in [4.78, 5) is 26.5. The molecule has 1 aliphatic rings. The van der Waals surface area contributed by atoms with Crippen LogP contribution in [0.3, 0.4) is 0 Å². The average Bonchev–Trinajstić information content (AvgIpc) is 3.13. The summed E-state index contributed by atoms with van der Waals surface area (Å²) < 4.78 is 14.6. The molecule has 0 spiro atoms. The summed E-state index contributed by atoms with van der Waals surface area (Å²) in [6.45, 7) is 4.38. The molecule has 0 atom stereocenters. The number of nitrogens with one attached hydrogen (secondary N) is 1. The van der Waals surface area contributed by atoms with Crippen LogP contribution in [0.1, 0.15) is 34.5 Å². The highest BCUT2D eigenvalue weighted by Crippen LogP contribution is 2.25. The molecule has 9 heteroatoms. The zero-order valence-corrected chi connectivity index (χ0v) is 19.7. The summed E-state index contributed by atoms with van der Waals surface area (Å²) in [5.41, 5.74) is 8.53. The fourth-order valence-electron chi connectivity index (χ4n) is 4.19. The van der Waals surface area contributed by atoms with Crippen molar-refractivity contribution in [3.63, 3.8) is 0 Å². The third kappa shape index (κ3) is 5.46. The molecule has 1 fully saturated rings. The SMILES string of the molecule is Cc1nn(-c2ccc(F)cc2)c(Cl)c1C(=O)Nc1ccc(CCN2CCC(C(N)=O)CC2)cc1. The van der Waals surface area contributed by atoms with E-state index in [1.807, 2.05) is 24.3 Å². The molecule has 178 valence electrons. The van der Waals surface area contributed by atoms with Crippen LogP contribution in [0.4, 0.5) is 10.1 Å². The Morgan fingerprint density at radius 3 is 2.38 bits per heavy atom. The summed E-state index contributed by atoms with van der Waals surface area (Å²) in [6.07, 6.45) is 2.52. The Hall–Kier alpha value is -3.23. The minimum atomic E-state index is -0.363. The molecular weight excluding hydrogens is 457 g/mol. The van der Waals surface area contributed by atoms with Gasteiger partial charge in [-0.1, -0.05) is 23.7 Å². The van der Waals surface area contributed by atoms with Crippen molar-refractivity contribution in [3.05, 3.63) is 76.3 Å². The van der Waals surface area contributed by atoms with Gasteiger partial charge in [0.25, 0.3) is 5.91 Å². The normalized spacial score (nSPS) is 14.8. The van der Waals surface area contributed by atoms with Crippen molar-refractivity contribution in [1.29, 1.82) is 0 Å². The van der Waals surface area contributed by atoms with E-state index in [1.165, 1.54) is 16.8 Å². The van der Waals surface area contributed by atoms with Gasteiger partial charge in [-0.15, -0.1) is 0 Å². The number of aromatic nitrogens is 2. The molecule has 3 N–H and O–H groups in total. The van der Waals surface area contributed by atoms with E-state index in [4.69, 9.17) is 17.3 Å². The molecule has 0 bridgehead atoms. The summed E-state index contributed by atoms with van der Waals surface area (Å²) in [5.74, 6) is -0.922. The van der Waals surface area contributed by atoms with Gasteiger partial charge in [0.1, 0.15) is 16.5 Å². The van der Waals surface area contributed by atoms with Gasteiger partial charge >= 0.3 is 0 Å². The maximum atomic E-state index is 13.2. The van der Waals surface area contributed by atoms with E-state index in [2.05, 4.69) is 15.3 Å². The Morgan fingerprint density at radius 2 is 1.76 bits per heavy atom. The van der Waals surface area contributed by atoms with Gasteiger partial charge in [-0.05, 0) is 81.2 Å². The van der Waals surface area contributed by atoms with Crippen molar-refractivity contribution in [1.82, 2.24) is 14.7 Å². The van der Waals surface area contributed by atoms with Gasteiger partial charge in [-0.2, -0.15) is 5.10 Å². The standard InChI is InChI=1S/C25H27ClFN5O2/c1-16-22(23(26)32(30-16)21-8-4-19(27)5-9-21)25(34)29-20-6-2-17(3-7-20)10-13-31-14-11-18(12-15-31)24(28)33/h2-9,18H,10-15H2,1H3,(H2,28,33)(H,29,34). The largest absolute Gasteiger partial charge is 0.369 e. The van der Waals surface area contributed by atoms with Crippen LogP contribution >= 0.6 is 11.6 Å². The Bertz CT molecular complexity index is 1170. The predicted octanol–water partition coefficient (Wildman–Crippen LogP) is 3.97. The third-order valence-electron chi connectivity index (χ3n) is 6.22. The first kappa shape index (κ1) is 23.9. The van der Waals surface area contributed by atoms with Crippen LogP contribution in [-0.4, -0.2) is 46.1 Å². The molecule has 0 aliphatic carbocycles. The van der Waals surface area contributed by atoms with E-state index in [0.29, 0.717) is 17.1 Å². The number of carbonyl (C=O) groups excluding carboxylic acids is 2. The molecular formula is C25H27ClFN5O2. The van der Waals surface area contributed by atoms with Gasteiger partial charge < -0.3 is 16.0 Å². The number of halogens is 2. The summed E-state index contributed by atoms with van der Waals surface area (Å²) in [7, 11) is 0. The molecule has 2 heterocycles. The second-order valence-corrected chi connectivity index (χ2v) is 8.92. The van der Waals surface area contributed by atoms with Gasteiger partial charge in [0.15, 0.2) is 0 Å². The van der Waals surface area contributed by atoms with E-state index in [0.717, 1.165) is 44.5 Å². The van der Waals surface area contributed by atoms with E-state index >= 15 is 0 Å². The number of anilines is 1. The van der Waals surface area contributed by atoms with Crippen molar-refractivity contribution in [2.24, 2.45) is 11.7 Å². The van der Waals surface area contributed by atoms with Crippen LogP contribution in [0.5, 0.6) is 0 Å². The Balaban J connectivity index is 1.35. The lowest BCUT2D eigenvalue weighted by molar-refractivity contribution is -0.123. The zero-order valence-electron chi connectivity index (χ0n) is 18.9. The van der Waals surface area contributed by atoms with Gasteiger partial charge in [-0.25, -0.2) is 9.07 Å². The zero-order chi connectivity index (χ0) is 24.2. The molecule has 2 aromatic carbocycles. The number of hydrogen-bond acceptors (Lipinski definition) is 4. The van der Waals surface area contributed by atoms with Gasteiger partial charge in [-0.3, -0.25) is 9.59 Å². The Morgan fingerprint density at radius 1 is 1.12 bits per heavy atom. The van der Waals surface area contributed by atoms with Crippen LogP contribution in [-0.2, 0) is 11.2 Å². The molecule has 7 nitrogen and oxygen atoms in total. The molecule has 4 rings (SSSR count). The highest BCUT2D eigenvalue weighted by Gasteiger charge is 2.23. The van der Waals surface area contributed by atoms with Crippen LogP contribution in [0.2, 0.25) is 5.15 Å². The Kier molecular flexibility index (Phi) is 7.29. The first-order chi connectivity index (χ1) is 16.3. The van der Waals surface area contributed by atoms with Crippen molar-refractivity contribution >= 4 is 29.1 Å². The van der Waals surface area contributed by atoms with Crippen LogP contribution in [0.25, 0.3) is 5.69 Å². The molecule has 1 aromatic heterocycles. The molecule has 0 radical (unpaired) electrons. The van der Waals surface area contributed by atoms with Gasteiger partial charge in [0.2, 0.25) is 5.91 Å². The number of nitrogens with two attached hydrogens (primary N) is 1. The number of benzene rings is 2. The smallest absolute Gasteiger partial charge is 0.260 e. The number of likely N-dealkylation sites (tertiary alicyclic amines) is 1. The van der Waals surface area contributed by atoms with E-state index in [9.17, 15) is 14.0 Å². The molecule has 0 unspecified atom stereocenters. The summed E-state index contributed by atoms with van der Waals surface area (Å²) in [5, 5.41) is 7.38. The summed E-state index contributed by atoms with van der Waals surface area (Å²) >= 11 is 6.45.